The Labute approximate surface area is 266 Å². The molecule has 0 radical (unpaired) electrons. The van der Waals surface area contributed by atoms with Crippen LogP contribution >= 0.6 is 0 Å². The van der Waals surface area contributed by atoms with Gasteiger partial charge in [-0.2, -0.15) is 0 Å². The Kier molecular flexibility index (Phi) is 7.04. The van der Waals surface area contributed by atoms with E-state index < -0.39 is 23.4 Å². The summed E-state index contributed by atoms with van der Waals surface area (Å²) in [5.74, 6) is -0.518. The first-order valence-electron chi connectivity index (χ1n) is 14.9. The summed E-state index contributed by atoms with van der Waals surface area (Å²) in [4.78, 5) is 46.7. The predicted octanol–water partition coefficient (Wildman–Crippen LogP) is 5.58. The molecule has 4 aromatic carbocycles. The summed E-state index contributed by atoms with van der Waals surface area (Å²) in [7, 11) is 6.04. The first-order chi connectivity index (χ1) is 22.4. The molecule has 3 aliphatic heterocycles. The number of para-hydroxylation sites is 2. The minimum Gasteiger partial charge on any atom is -0.493 e. The van der Waals surface area contributed by atoms with Gasteiger partial charge in [-0.1, -0.05) is 48.6 Å². The molecule has 46 heavy (non-hydrogen) atoms. The molecule has 0 aromatic heterocycles. The highest BCUT2D eigenvalue weighted by molar-refractivity contribution is 6.18. The van der Waals surface area contributed by atoms with Crippen LogP contribution in [0.5, 0.6) is 23.0 Å². The zero-order chi connectivity index (χ0) is 32.2. The average molecular weight is 617 g/mol. The smallest absolute Gasteiger partial charge is 0.238 e. The fraction of sp³-hybridized carbons (Fsp3) is 0.216. The van der Waals surface area contributed by atoms with Gasteiger partial charge in [-0.25, -0.2) is 0 Å². The van der Waals surface area contributed by atoms with Crippen molar-refractivity contribution in [2.75, 3.05) is 38.7 Å². The lowest BCUT2D eigenvalue weighted by Gasteiger charge is -2.37. The normalized spacial score (nSPS) is 22.0. The molecule has 1 fully saturated rings. The van der Waals surface area contributed by atoms with E-state index in [-0.39, 0.29) is 17.5 Å². The summed E-state index contributed by atoms with van der Waals surface area (Å²) in [5.41, 5.74) is 2.09. The molecule has 0 bridgehead atoms. The van der Waals surface area contributed by atoms with Crippen LogP contribution in [0.15, 0.2) is 91.0 Å². The molecule has 232 valence electrons. The van der Waals surface area contributed by atoms with E-state index in [9.17, 15) is 4.79 Å². The first kappa shape index (κ1) is 29.2. The van der Waals surface area contributed by atoms with Crippen LogP contribution in [-0.2, 0) is 10.2 Å². The molecular formula is C37H32N2O7. The number of methoxy groups -OCH3 is 4. The number of fused-ring (bicyclic) bond motifs is 6. The highest BCUT2D eigenvalue weighted by atomic mass is 16.5. The maximum atomic E-state index is 15.1. The second kappa shape index (κ2) is 11.1. The first-order valence-corrected chi connectivity index (χ1v) is 14.9. The average Bonchev–Trinajstić information content (AvgIpc) is 3.58. The minimum atomic E-state index is -1.44. The molecule has 3 heterocycles. The van der Waals surface area contributed by atoms with E-state index in [1.54, 1.807) is 36.4 Å². The van der Waals surface area contributed by atoms with Gasteiger partial charge in [-0.3, -0.25) is 14.4 Å². The molecule has 4 aromatic rings. The van der Waals surface area contributed by atoms with Gasteiger partial charge in [0.15, 0.2) is 34.6 Å². The van der Waals surface area contributed by atoms with Crippen LogP contribution in [0.4, 0.5) is 11.4 Å². The number of ketones is 2. The molecule has 1 saturated heterocycles. The number of benzene rings is 4. The van der Waals surface area contributed by atoms with Gasteiger partial charge >= 0.3 is 0 Å². The third-order valence-electron chi connectivity index (χ3n) is 9.43. The van der Waals surface area contributed by atoms with Crippen LogP contribution in [0.3, 0.4) is 0 Å². The number of nitrogens with one attached hydrogen (secondary N) is 1. The van der Waals surface area contributed by atoms with Gasteiger partial charge < -0.3 is 29.2 Å². The molecular weight excluding hydrogens is 584 g/mol. The zero-order valence-electron chi connectivity index (χ0n) is 25.8. The van der Waals surface area contributed by atoms with Crippen molar-refractivity contribution in [3.05, 3.63) is 113 Å². The van der Waals surface area contributed by atoms with Crippen LogP contribution in [0.2, 0.25) is 0 Å². The standard InChI is InChI=1S/C37H32N2O7/c1-43-27-16-13-22(19-29(27)45-3)34(40)32-33(35(41)23-14-17-28(44-2)30(20-23)46-4)39-26-12-8-5-9-21(26)15-18-31(39)37(32)24-10-6-7-11-25(24)38-36(37)42/h5-20,31-33H,1-4H3,(H,38,42)/t31-,32-,33+,37+/m0/s1. The van der Waals surface area contributed by atoms with Crippen LogP contribution in [0.25, 0.3) is 6.08 Å². The maximum Gasteiger partial charge on any atom is 0.238 e. The largest absolute Gasteiger partial charge is 0.493 e. The topological polar surface area (TPSA) is 103 Å². The molecule has 1 N–H and O–H groups in total. The molecule has 4 atom stereocenters. The molecule has 1 amide bonds. The summed E-state index contributed by atoms with van der Waals surface area (Å²) >= 11 is 0. The number of carbonyl (C=O) groups is 3. The molecule has 7 rings (SSSR count). The van der Waals surface area contributed by atoms with E-state index in [4.69, 9.17) is 18.9 Å². The van der Waals surface area contributed by atoms with Gasteiger partial charge in [0.05, 0.1) is 40.4 Å². The Morgan fingerprint density at radius 3 is 1.96 bits per heavy atom. The number of hydrogen-bond acceptors (Lipinski definition) is 8. The molecule has 3 aliphatic rings. The Morgan fingerprint density at radius 2 is 1.30 bits per heavy atom. The van der Waals surface area contributed by atoms with Gasteiger partial charge in [0, 0.05) is 22.5 Å². The molecule has 9 nitrogen and oxygen atoms in total. The SMILES string of the molecule is COc1ccc(C(=O)[C@@H]2[C@H](C(=O)c3ccc(OC)c(OC)c3)N3c4ccccc4C=C[C@H]3[C@@]23C(=O)Nc2ccccc23)cc1OC. The van der Waals surface area contributed by atoms with Crippen molar-refractivity contribution in [2.24, 2.45) is 5.92 Å². The van der Waals surface area contributed by atoms with E-state index in [0.717, 1.165) is 11.3 Å². The van der Waals surface area contributed by atoms with Crippen molar-refractivity contribution >= 4 is 34.9 Å². The third-order valence-corrected chi connectivity index (χ3v) is 9.43. The Hall–Kier alpha value is -5.57. The van der Waals surface area contributed by atoms with Gasteiger partial charge in [-0.15, -0.1) is 0 Å². The van der Waals surface area contributed by atoms with Crippen molar-refractivity contribution in [3.63, 3.8) is 0 Å². The quantitative estimate of drug-likeness (QED) is 0.256. The monoisotopic (exact) mass is 616 g/mol. The summed E-state index contributed by atoms with van der Waals surface area (Å²) in [6.07, 6.45) is 3.91. The lowest BCUT2D eigenvalue weighted by Crippen LogP contribution is -2.51. The fourth-order valence-corrected chi connectivity index (χ4v) is 7.45. The van der Waals surface area contributed by atoms with Crippen molar-refractivity contribution in [3.8, 4) is 23.0 Å². The van der Waals surface area contributed by atoms with Crippen LogP contribution in [0, 0.1) is 5.92 Å². The number of amides is 1. The number of carbonyl (C=O) groups excluding carboxylic acids is 3. The molecule has 9 heteroatoms. The van der Waals surface area contributed by atoms with Gasteiger partial charge in [-0.05, 0) is 59.7 Å². The Bertz CT molecular complexity index is 1930. The number of ether oxygens (including phenoxy) is 4. The number of Topliss-reactive ketones (excluding diaryl/α,β-unsaturated/α-hetero) is 2. The number of rotatable bonds is 8. The van der Waals surface area contributed by atoms with Gasteiger partial charge in [0.1, 0.15) is 11.5 Å². The van der Waals surface area contributed by atoms with Crippen LogP contribution in [0.1, 0.15) is 31.8 Å². The molecule has 0 unspecified atom stereocenters. The highest BCUT2D eigenvalue weighted by Gasteiger charge is 2.70. The minimum absolute atomic E-state index is 0.293. The summed E-state index contributed by atoms with van der Waals surface area (Å²) < 4.78 is 22.0. The number of nitrogens with zero attached hydrogens (tertiary/aromatic N) is 1. The van der Waals surface area contributed by atoms with Crippen molar-refractivity contribution in [1.82, 2.24) is 0 Å². The molecule has 1 spiro atoms. The number of anilines is 2. The summed E-state index contributed by atoms with van der Waals surface area (Å²) in [6.45, 7) is 0. The van der Waals surface area contributed by atoms with Gasteiger partial charge in [0.2, 0.25) is 5.91 Å². The Morgan fingerprint density at radius 1 is 0.717 bits per heavy atom. The third kappa shape index (κ3) is 4.04. The summed E-state index contributed by atoms with van der Waals surface area (Å²) in [5, 5.41) is 3.05. The van der Waals surface area contributed by atoms with Gasteiger partial charge in [0.25, 0.3) is 0 Å². The Balaban J connectivity index is 1.51. The fourth-order valence-electron chi connectivity index (χ4n) is 7.45. The van der Waals surface area contributed by atoms with Crippen LogP contribution < -0.4 is 29.2 Å². The van der Waals surface area contributed by atoms with E-state index >= 15 is 9.59 Å². The van der Waals surface area contributed by atoms with Crippen molar-refractivity contribution in [2.45, 2.75) is 17.5 Å². The second-order valence-corrected chi connectivity index (χ2v) is 11.4. The lowest BCUT2D eigenvalue weighted by molar-refractivity contribution is -0.121. The van der Waals surface area contributed by atoms with Crippen LogP contribution in [-0.4, -0.2) is 58.0 Å². The summed E-state index contributed by atoms with van der Waals surface area (Å²) in [6, 6.07) is 23.2. The predicted molar refractivity (Wildman–Crippen MR) is 174 cm³/mol. The van der Waals surface area contributed by atoms with Crippen molar-refractivity contribution < 1.29 is 33.3 Å². The van der Waals surface area contributed by atoms with E-state index in [0.29, 0.717) is 45.4 Å². The molecule has 0 aliphatic carbocycles. The van der Waals surface area contributed by atoms with E-state index in [1.807, 2.05) is 65.6 Å². The van der Waals surface area contributed by atoms with Crippen molar-refractivity contribution in [1.29, 1.82) is 0 Å². The molecule has 0 saturated carbocycles. The van der Waals surface area contributed by atoms with E-state index in [1.165, 1.54) is 28.4 Å². The zero-order valence-corrected chi connectivity index (χ0v) is 25.8. The second-order valence-electron chi connectivity index (χ2n) is 11.4. The van der Waals surface area contributed by atoms with E-state index in [2.05, 4.69) is 5.32 Å². The lowest BCUT2D eigenvalue weighted by atomic mass is 9.64. The highest BCUT2D eigenvalue weighted by Crippen LogP contribution is 2.58. The number of hydrogen-bond donors (Lipinski definition) is 1. The maximum absolute atomic E-state index is 15.1.